The van der Waals surface area contributed by atoms with E-state index in [1.165, 1.54) is 0 Å². The summed E-state index contributed by atoms with van der Waals surface area (Å²) >= 11 is 0. The molecule has 1 aliphatic heterocycles. The largest absolute Gasteiger partial charge is 0.490 e. The SMILES string of the molecule is CCN(c1ccc2c(c1)N(Cc1cnc[nH]1)CCO2)C(O)NC. The van der Waals surface area contributed by atoms with Crippen molar-refractivity contribution in [3.8, 4) is 5.75 Å². The number of imidazole rings is 1. The summed E-state index contributed by atoms with van der Waals surface area (Å²) in [6, 6.07) is 6.01. The number of benzene rings is 1. The molecule has 0 amide bonds. The normalized spacial score (nSPS) is 15.0. The van der Waals surface area contributed by atoms with E-state index in [9.17, 15) is 5.11 Å². The summed E-state index contributed by atoms with van der Waals surface area (Å²) in [4.78, 5) is 11.4. The van der Waals surface area contributed by atoms with Gasteiger partial charge in [-0.1, -0.05) is 0 Å². The Hall–Kier alpha value is -2.25. The monoisotopic (exact) mass is 317 g/mol. The number of ether oxygens (including phenoxy) is 1. The van der Waals surface area contributed by atoms with E-state index in [1.54, 1.807) is 13.4 Å². The lowest BCUT2D eigenvalue weighted by Crippen LogP contribution is -2.44. The second-order valence-corrected chi connectivity index (χ2v) is 5.45. The number of rotatable bonds is 6. The Bertz CT molecular complexity index is 631. The van der Waals surface area contributed by atoms with Crippen LogP contribution < -0.4 is 19.9 Å². The molecule has 7 heteroatoms. The van der Waals surface area contributed by atoms with E-state index in [-0.39, 0.29) is 0 Å². The molecule has 0 aliphatic carbocycles. The van der Waals surface area contributed by atoms with Crippen LogP contribution in [0.3, 0.4) is 0 Å². The van der Waals surface area contributed by atoms with Gasteiger partial charge in [0.25, 0.3) is 0 Å². The molecule has 0 radical (unpaired) electrons. The zero-order valence-corrected chi connectivity index (χ0v) is 13.5. The maximum absolute atomic E-state index is 10.1. The summed E-state index contributed by atoms with van der Waals surface area (Å²) in [5, 5.41) is 13.0. The topological polar surface area (TPSA) is 76.7 Å². The van der Waals surface area contributed by atoms with Gasteiger partial charge in [-0.2, -0.15) is 0 Å². The average Bonchev–Trinajstić information content (AvgIpc) is 3.09. The van der Waals surface area contributed by atoms with E-state index in [1.807, 2.05) is 30.2 Å². The van der Waals surface area contributed by atoms with E-state index in [2.05, 4.69) is 26.3 Å². The number of aromatic nitrogens is 2. The Morgan fingerprint density at radius 1 is 1.52 bits per heavy atom. The van der Waals surface area contributed by atoms with E-state index in [0.717, 1.165) is 35.9 Å². The highest BCUT2D eigenvalue weighted by Gasteiger charge is 2.21. The molecule has 1 atom stereocenters. The van der Waals surface area contributed by atoms with Gasteiger partial charge in [0.05, 0.1) is 30.8 Å². The van der Waals surface area contributed by atoms with Crippen molar-refractivity contribution in [1.82, 2.24) is 15.3 Å². The second kappa shape index (κ2) is 6.89. The van der Waals surface area contributed by atoms with Crippen molar-refractivity contribution < 1.29 is 9.84 Å². The second-order valence-electron chi connectivity index (χ2n) is 5.45. The van der Waals surface area contributed by atoms with Gasteiger partial charge in [0.1, 0.15) is 12.4 Å². The molecule has 0 fully saturated rings. The molecule has 2 heterocycles. The third kappa shape index (κ3) is 3.25. The average molecular weight is 317 g/mol. The number of nitrogens with one attached hydrogen (secondary N) is 2. The third-order valence-electron chi connectivity index (χ3n) is 4.04. The fraction of sp³-hybridized carbons (Fsp3) is 0.438. The third-order valence-corrected chi connectivity index (χ3v) is 4.04. The minimum atomic E-state index is -0.719. The highest BCUT2D eigenvalue weighted by atomic mass is 16.5. The Morgan fingerprint density at radius 2 is 2.39 bits per heavy atom. The number of hydrogen-bond donors (Lipinski definition) is 3. The van der Waals surface area contributed by atoms with Crippen LogP contribution in [0.5, 0.6) is 5.75 Å². The lowest BCUT2D eigenvalue weighted by molar-refractivity contribution is 0.142. The first-order chi connectivity index (χ1) is 11.2. The van der Waals surface area contributed by atoms with Gasteiger partial charge >= 0.3 is 0 Å². The molecule has 1 aromatic heterocycles. The van der Waals surface area contributed by atoms with Crippen LogP contribution in [0.25, 0.3) is 0 Å². The summed E-state index contributed by atoms with van der Waals surface area (Å²) in [7, 11) is 1.74. The molecule has 2 aromatic rings. The van der Waals surface area contributed by atoms with Crippen LogP contribution in [0.15, 0.2) is 30.7 Å². The fourth-order valence-electron chi connectivity index (χ4n) is 2.83. The predicted molar refractivity (Wildman–Crippen MR) is 89.7 cm³/mol. The summed E-state index contributed by atoms with van der Waals surface area (Å²) in [5.74, 6) is 0.870. The molecular formula is C16H23N5O2. The van der Waals surface area contributed by atoms with Crippen molar-refractivity contribution >= 4 is 11.4 Å². The lowest BCUT2D eigenvalue weighted by atomic mass is 10.2. The summed E-state index contributed by atoms with van der Waals surface area (Å²) in [5.41, 5.74) is 3.05. The molecule has 1 unspecified atom stereocenters. The van der Waals surface area contributed by atoms with E-state index in [0.29, 0.717) is 13.2 Å². The molecule has 3 N–H and O–H groups in total. The van der Waals surface area contributed by atoms with Crippen LogP contribution in [0, 0.1) is 0 Å². The summed E-state index contributed by atoms with van der Waals surface area (Å²) in [6.07, 6.45) is 2.81. The summed E-state index contributed by atoms with van der Waals surface area (Å²) in [6.45, 7) is 4.94. The first-order valence-electron chi connectivity index (χ1n) is 7.84. The molecule has 3 rings (SSSR count). The van der Waals surface area contributed by atoms with Crippen LogP contribution in [0.2, 0.25) is 0 Å². The Kier molecular flexibility index (Phi) is 4.68. The van der Waals surface area contributed by atoms with Gasteiger partial charge in [-0.25, -0.2) is 4.98 Å². The zero-order chi connectivity index (χ0) is 16.2. The molecule has 0 saturated carbocycles. The summed E-state index contributed by atoms with van der Waals surface area (Å²) < 4.78 is 5.76. The van der Waals surface area contributed by atoms with Crippen LogP contribution in [-0.2, 0) is 6.54 Å². The molecule has 23 heavy (non-hydrogen) atoms. The van der Waals surface area contributed by atoms with Crippen LogP contribution >= 0.6 is 0 Å². The number of H-pyrrole nitrogens is 1. The van der Waals surface area contributed by atoms with Gasteiger partial charge in [-0.05, 0) is 32.2 Å². The van der Waals surface area contributed by atoms with Gasteiger partial charge in [0.15, 0.2) is 6.35 Å². The minimum absolute atomic E-state index is 0.664. The minimum Gasteiger partial charge on any atom is -0.490 e. The molecule has 0 saturated heterocycles. The van der Waals surface area contributed by atoms with Crippen molar-refractivity contribution in [2.75, 3.05) is 36.5 Å². The Morgan fingerprint density at radius 3 is 3.09 bits per heavy atom. The van der Waals surface area contributed by atoms with Crippen molar-refractivity contribution in [1.29, 1.82) is 0 Å². The van der Waals surface area contributed by atoms with Crippen molar-refractivity contribution in [2.45, 2.75) is 19.8 Å². The van der Waals surface area contributed by atoms with E-state index in [4.69, 9.17) is 4.74 Å². The number of aliphatic hydroxyl groups is 1. The molecule has 124 valence electrons. The highest BCUT2D eigenvalue weighted by Crippen LogP contribution is 2.36. The maximum atomic E-state index is 10.1. The van der Waals surface area contributed by atoms with Crippen LogP contribution in [0.4, 0.5) is 11.4 Å². The smallest absolute Gasteiger partial charge is 0.183 e. The van der Waals surface area contributed by atoms with Crippen LogP contribution in [0.1, 0.15) is 12.6 Å². The highest BCUT2D eigenvalue weighted by molar-refractivity contribution is 5.68. The number of hydrogen-bond acceptors (Lipinski definition) is 6. The van der Waals surface area contributed by atoms with Gasteiger partial charge < -0.3 is 24.6 Å². The number of anilines is 2. The quantitative estimate of drug-likeness (QED) is 0.694. The number of fused-ring (bicyclic) bond motifs is 1. The van der Waals surface area contributed by atoms with Crippen LogP contribution in [-0.4, -0.2) is 48.2 Å². The Balaban J connectivity index is 1.89. The number of nitrogens with zero attached hydrogens (tertiary/aromatic N) is 3. The number of aromatic amines is 1. The fourth-order valence-corrected chi connectivity index (χ4v) is 2.83. The molecule has 0 bridgehead atoms. The molecule has 7 nitrogen and oxygen atoms in total. The van der Waals surface area contributed by atoms with Gasteiger partial charge in [-0.15, -0.1) is 0 Å². The number of aliphatic hydroxyl groups excluding tert-OH is 1. The zero-order valence-electron chi connectivity index (χ0n) is 13.5. The van der Waals surface area contributed by atoms with Crippen molar-refractivity contribution in [2.24, 2.45) is 0 Å². The maximum Gasteiger partial charge on any atom is 0.183 e. The van der Waals surface area contributed by atoms with Gasteiger partial charge in [0.2, 0.25) is 0 Å². The predicted octanol–water partition coefficient (Wildman–Crippen LogP) is 1.13. The standard InChI is InChI=1S/C16H23N5O2/c1-3-21(16(22)17-2)13-4-5-15-14(8-13)20(6-7-23-15)10-12-9-18-11-19-12/h4-5,8-9,11,16-17,22H,3,6-7,10H2,1-2H3,(H,18,19). The molecular weight excluding hydrogens is 294 g/mol. The van der Waals surface area contributed by atoms with Gasteiger partial charge in [0, 0.05) is 18.4 Å². The molecule has 0 spiro atoms. The molecule has 1 aromatic carbocycles. The molecule has 1 aliphatic rings. The van der Waals surface area contributed by atoms with Crippen molar-refractivity contribution in [3.63, 3.8) is 0 Å². The first-order valence-corrected chi connectivity index (χ1v) is 7.84. The van der Waals surface area contributed by atoms with E-state index < -0.39 is 6.35 Å². The van der Waals surface area contributed by atoms with Crippen molar-refractivity contribution in [3.05, 3.63) is 36.4 Å². The first kappa shape index (κ1) is 15.6. The lowest BCUT2D eigenvalue weighted by Gasteiger charge is -2.34. The van der Waals surface area contributed by atoms with E-state index >= 15 is 0 Å². The Labute approximate surface area is 135 Å². The van der Waals surface area contributed by atoms with Gasteiger partial charge in [-0.3, -0.25) is 5.32 Å².